The summed E-state index contributed by atoms with van der Waals surface area (Å²) in [5.74, 6) is 1.00. The zero-order chi connectivity index (χ0) is 54.9. The summed E-state index contributed by atoms with van der Waals surface area (Å²) in [5.41, 5.74) is 10.3. The molecular formula is C56H85N12O4+. The summed E-state index contributed by atoms with van der Waals surface area (Å²) >= 11 is 0. The Hall–Kier alpha value is -5.80. The van der Waals surface area contributed by atoms with Crippen molar-refractivity contribution < 1.29 is 24.3 Å². The van der Waals surface area contributed by atoms with E-state index in [0.29, 0.717) is 24.5 Å². The molecule has 2 aromatic rings. The first-order valence-corrected chi connectivity index (χ1v) is 25.2. The first-order chi connectivity index (χ1) is 32.4. The highest BCUT2D eigenvalue weighted by atomic mass is 16.5. The molecule has 0 aromatic carbocycles. The van der Waals surface area contributed by atoms with Crippen LogP contribution in [0.15, 0.2) is 43.8 Å². The molecule has 0 bridgehead atoms. The predicted octanol–water partition coefficient (Wildman–Crippen LogP) is 10.4. The Kier molecular flexibility index (Phi) is 15.3. The molecule has 0 radical (unpaired) electrons. The fourth-order valence-corrected chi connectivity index (χ4v) is 8.37. The Balaban J connectivity index is 0.000000178. The second-order valence-corrected chi connectivity index (χ2v) is 27.7. The number of hydrogen-bond acceptors (Lipinski definition) is 12. The van der Waals surface area contributed by atoms with Gasteiger partial charge in [0.15, 0.2) is 23.6 Å². The second kappa shape index (κ2) is 19.2. The van der Waals surface area contributed by atoms with Crippen molar-refractivity contribution in [2.24, 2.45) is 41.6 Å². The standard InChI is InChI=1S/C14H22N3O.3C14H21N3O/c1-13(2,3)11-12(14(4,5)6)16-10-8-17(18)7-9(10)15-11;1-13(2,3)10-11(14(4,5)6)17-9-8(16-10)7-15-12(9)18;1-13(2,3)10-11(14(4,5)6)16-12-9(15-10)7-8-17(12)18;1-13(2,3)10-11(14(4,5)6)17-12-8(15-10)7-9(18)16-12/h7-9,18H,1-6H3;7,9H,1-6H3,(H,15,18);8H,7H2,1-6H3;7H2,1-6H3,(H,16,17,18)/q+1;;;. The number of hydrogen-bond donors (Lipinski definition) is 3. The maximum absolute atomic E-state index is 11.7. The summed E-state index contributed by atoms with van der Waals surface area (Å²) in [6.07, 6.45) is 7.48. The minimum absolute atomic E-state index is 0.0177. The van der Waals surface area contributed by atoms with Crippen molar-refractivity contribution in [3.63, 3.8) is 0 Å². The van der Waals surface area contributed by atoms with E-state index in [0.717, 1.165) is 77.9 Å². The zero-order valence-corrected chi connectivity index (χ0v) is 48.0. The maximum atomic E-state index is 11.7. The zero-order valence-electron chi connectivity index (χ0n) is 48.0. The molecule has 16 nitrogen and oxygen atoms in total. The van der Waals surface area contributed by atoms with E-state index in [9.17, 15) is 20.0 Å². The fourth-order valence-electron chi connectivity index (χ4n) is 8.37. The van der Waals surface area contributed by atoms with Crippen LogP contribution in [0.25, 0.3) is 0 Å². The number of anilines is 1. The highest BCUT2D eigenvalue weighted by molar-refractivity contribution is 6.47. The lowest BCUT2D eigenvalue weighted by Crippen LogP contribution is -2.42. The first-order valence-electron chi connectivity index (χ1n) is 25.2. The molecule has 3 N–H and O–H groups in total. The van der Waals surface area contributed by atoms with Gasteiger partial charge in [0.1, 0.15) is 11.4 Å². The third kappa shape index (κ3) is 13.0. The fraction of sp³-hybridized carbons (Fsp3) is 0.643. The van der Waals surface area contributed by atoms with Crippen LogP contribution in [0.5, 0.6) is 0 Å². The van der Waals surface area contributed by atoms with Gasteiger partial charge in [-0.1, -0.05) is 166 Å². The van der Waals surface area contributed by atoms with Crippen molar-refractivity contribution in [2.45, 2.75) is 213 Å². The monoisotopic (exact) mass is 990 g/mol. The number of nitrogens with one attached hydrogen (secondary N) is 2. The molecule has 6 aliphatic heterocycles. The van der Waals surface area contributed by atoms with Crippen LogP contribution in [0, 0.1) is 26.9 Å². The average Bonchev–Trinajstić information content (AvgIpc) is 3.97. The smallest absolute Gasteiger partial charge is 0.348 e. The number of carbonyl (C=O) groups excluding carboxylic acids is 2. The second-order valence-electron chi connectivity index (χ2n) is 27.7. The molecule has 2 aromatic heterocycles. The van der Waals surface area contributed by atoms with Gasteiger partial charge < -0.3 is 15.8 Å². The van der Waals surface area contributed by atoms with E-state index in [1.54, 1.807) is 24.8 Å². The number of rotatable bonds is 0. The van der Waals surface area contributed by atoms with Gasteiger partial charge in [0.25, 0.3) is 5.91 Å². The lowest BCUT2D eigenvalue weighted by Gasteiger charge is -2.33. The van der Waals surface area contributed by atoms with Gasteiger partial charge in [-0.05, 0) is 4.98 Å². The molecule has 0 aliphatic carbocycles. The van der Waals surface area contributed by atoms with Crippen molar-refractivity contribution in [1.82, 2.24) is 25.3 Å². The number of aliphatic imine (C=N–C) groups is 4. The van der Waals surface area contributed by atoms with Crippen LogP contribution in [0.1, 0.15) is 200 Å². The van der Waals surface area contributed by atoms with Gasteiger partial charge in [-0.25, -0.2) is 19.7 Å². The van der Waals surface area contributed by atoms with Gasteiger partial charge in [-0.15, -0.1) is 0 Å². The third-order valence-corrected chi connectivity index (χ3v) is 12.1. The number of nitrogens with zero attached hydrogens (tertiary/aromatic N) is 10. The normalized spacial score (nSPS) is 19.8. The maximum Gasteiger partial charge on any atom is 0.348 e. The van der Waals surface area contributed by atoms with Gasteiger partial charge in [0, 0.05) is 54.3 Å². The third-order valence-electron chi connectivity index (χ3n) is 12.1. The van der Waals surface area contributed by atoms with E-state index in [1.807, 2.05) is 0 Å². The SMILES string of the molecule is CC(C)(C)C1=NC2=CNC(=O)C2N=C1C(C)(C)C.CC(C)(C)C1=NC2=C[N+](O)=CC2N=C1C(C)(C)C.CC(C)(C)c1nc2c(nc1C(C)(C)C)NC(=O)C2.CC(C)(C)c1nc2c(nc1C(C)(C)C)[N+]([O-])=CC2. The Bertz CT molecular complexity index is 2700. The molecule has 6 aliphatic rings. The lowest BCUT2D eigenvalue weighted by molar-refractivity contribution is -0.720. The van der Waals surface area contributed by atoms with Gasteiger partial charge in [0.05, 0.1) is 70.4 Å². The van der Waals surface area contributed by atoms with Crippen molar-refractivity contribution in [1.29, 1.82) is 0 Å². The molecular weight excluding hydrogens is 905 g/mol. The molecule has 392 valence electrons. The van der Waals surface area contributed by atoms with E-state index in [-0.39, 0.29) is 61.2 Å². The van der Waals surface area contributed by atoms with E-state index < -0.39 is 6.04 Å². The Morgan fingerprint density at radius 1 is 0.556 bits per heavy atom. The molecule has 2 atom stereocenters. The summed E-state index contributed by atoms with van der Waals surface area (Å²) in [6, 6.07) is -0.597. The van der Waals surface area contributed by atoms with Crippen molar-refractivity contribution >= 4 is 58.7 Å². The molecule has 0 saturated heterocycles. The van der Waals surface area contributed by atoms with Crippen molar-refractivity contribution in [3.8, 4) is 0 Å². The lowest BCUT2D eigenvalue weighted by atomic mass is 9.76. The summed E-state index contributed by atoms with van der Waals surface area (Å²) in [6.45, 7) is 51.0. The first kappa shape index (κ1) is 57.1. The highest BCUT2D eigenvalue weighted by Gasteiger charge is 2.42. The van der Waals surface area contributed by atoms with Crippen molar-refractivity contribution in [3.05, 3.63) is 63.2 Å². The molecule has 0 fully saturated rings. The van der Waals surface area contributed by atoms with Crippen molar-refractivity contribution in [2.75, 3.05) is 5.32 Å². The molecule has 0 spiro atoms. The largest absolute Gasteiger partial charge is 0.711 e. The predicted molar refractivity (Wildman–Crippen MR) is 292 cm³/mol. The van der Waals surface area contributed by atoms with Crippen LogP contribution in [0.2, 0.25) is 0 Å². The van der Waals surface area contributed by atoms with E-state index in [2.05, 4.69) is 197 Å². The summed E-state index contributed by atoms with van der Waals surface area (Å²) in [7, 11) is 0. The Morgan fingerprint density at radius 2 is 0.986 bits per heavy atom. The van der Waals surface area contributed by atoms with Gasteiger partial charge in [-0.2, -0.15) is 0 Å². The molecule has 16 heteroatoms. The number of aromatic nitrogens is 4. The van der Waals surface area contributed by atoms with Gasteiger partial charge in [-0.3, -0.25) is 34.8 Å². The van der Waals surface area contributed by atoms with Crippen LogP contribution in [-0.4, -0.2) is 93.8 Å². The minimum Gasteiger partial charge on any atom is -0.711 e. The van der Waals surface area contributed by atoms with E-state index in [1.165, 1.54) is 0 Å². The van der Waals surface area contributed by atoms with Crippen LogP contribution in [0.3, 0.4) is 0 Å². The highest BCUT2D eigenvalue weighted by Crippen LogP contribution is 2.38. The Morgan fingerprint density at radius 3 is 1.46 bits per heavy atom. The number of carbonyl (C=O) groups is 2. The van der Waals surface area contributed by atoms with E-state index in [4.69, 9.17) is 20.0 Å². The summed E-state index contributed by atoms with van der Waals surface area (Å²) in [5, 5.41) is 26.6. The minimum atomic E-state index is -0.453. The van der Waals surface area contributed by atoms with Crippen LogP contribution < -0.4 is 10.6 Å². The number of amides is 2. The quantitative estimate of drug-likeness (QED) is 0.131. The molecule has 2 unspecified atom stereocenters. The molecule has 2 amide bonds. The van der Waals surface area contributed by atoms with Crippen LogP contribution in [0.4, 0.5) is 11.6 Å². The molecule has 8 heterocycles. The topological polar surface area (TPSA) is 209 Å². The van der Waals surface area contributed by atoms with Gasteiger partial charge >= 0.3 is 5.82 Å². The Labute approximate surface area is 429 Å². The molecule has 72 heavy (non-hydrogen) atoms. The molecule has 0 saturated carbocycles. The summed E-state index contributed by atoms with van der Waals surface area (Å²) < 4.78 is 1.89. The number of hydroxylamine groups is 1. The van der Waals surface area contributed by atoms with Crippen LogP contribution in [-0.2, 0) is 44.1 Å². The van der Waals surface area contributed by atoms with Gasteiger partial charge in [0.2, 0.25) is 18.3 Å². The van der Waals surface area contributed by atoms with Crippen LogP contribution >= 0.6 is 0 Å². The van der Waals surface area contributed by atoms with E-state index >= 15 is 0 Å². The number of fused-ring (bicyclic) bond motifs is 4. The summed E-state index contributed by atoms with van der Waals surface area (Å²) in [4.78, 5) is 60.6. The molecule has 8 rings (SSSR count). The average molecular weight is 990 g/mol.